The molecule has 1 heterocycles. The summed E-state index contributed by atoms with van der Waals surface area (Å²) in [6, 6.07) is 1.74. The number of carbonyl (C=O) groups excluding carboxylic acids is 2. The van der Waals surface area contributed by atoms with Crippen LogP contribution >= 0.6 is 0 Å². The van der Waals surface area contributed by atoms with Gasteiger partial charge in [0.2, 0.25) is 0 Å². The summed E-state index contributed by atoms with van der Waals surface area (Å²) in [6.45, 7) is 0.361. The monoisotopic (exact) mass is 235 g/mol. The van der Waals surface area contributed by atoms with Crippen molar-refractivity contribution in [1.29, 1.82) is 5.26 Å². The summed E-state index contributed by atoms with van der Waals surface area (Å²) < 4.78 is 0. The fraction of sp³-hybridized carbons (Fsp3) is 0.750. The Morgan fingerprint density at radius 2 is 2.00 bits per heavy atom. The topological polar surface area (TPSA) is 73.2 Å². The summed E-state index contributed by atoms with van der Waals surface area (Å²) in [4.78, 5) is 25.3. The second-order valence-electron chi connectivity index (χ2n) is 4.79. The van der Waals surface area contributed by atoms with Gasteiger partial charge in [0.15, 0.2) is 0 Å². The molecule has 1 saturated heterocycles. The van der Waals surface area contributed by atoms with E-state index in [2.05, 4.69) is 5.32 Å². The van der Waals surface area contributed by atoms with E-state index in [9.17, 15) is 9.59 Å². The molecule has 0 aromatic heterocycles. The lowest BCUT2D eigenvalue weighted by atomic mass is 9.82. The lowest BCUT2D eigenvalue weighted by Crippen LogP contribution is -2.48. The van der Waals surface area contributed by atoms with E-state index < -0.39 is 5.54 Å². The molecule has 0 bridgehead atoms. The first-order valence-electron chi connectivity index (χ1n) is 6.21. The molecule has 5 nitrogen and oxygen atoms in total. The summed E-state index contributed by atoms with van der Waals surface area (Å²) >= 11 is 0. The number of imide groups is 1. The van der Waals surface area contributed by atoms with Crippen LogP contribution in [0.15, 0.2) is 0 Å². The molecule has 1 saturated carbocycles. The van der Waals surface area contributed by atoms with Crippen molar-refractivity contribution in [3.63, 3.8) is 0 Å². The highest BCUT2D eigenvalue weighted by molar-refractivity contribution is 6.07. The van der Waals surface area contributed by atoms with E-state index in [0.717, 1.165) is 32.1 Å². The highest BCUT2D eigenvalue weighted by Crippen LogP contribution is 2.33. The Hall–Kier alpha value is -1.57. The third-order valence-corrected chi connectivity index (χ3v) is 3.62. The quantitative estimate of drug-likeness (QED) is 0.595. The zero-order valence-electron chi connectivity index (χ0n) is 9.87. The molecule has 2 rings (SSSR count). The molecule has 5 heteroatoms. The maximum atomic E-state index is 12.2. The van der Waals surface area contributed by atoms with Crippen LogP contribution in [0.25, 0.3) is 0 Å². The molecular formula is C12H17N3O2. The van der Waals surface area contributed by atoms with Crippen LogP contribution in [0, 0.1) is 11.3 Å². The molecule has 1 aliphatic carbocycles. The van der Waals surface area contributed by atoms with Gasteiger partial charge in [-0.2, -0.15) is 5.26 Å². The summed E-state index contributed by atoms with van der Waals surface area (Å²) in [5, 5.41) is 11.3. The van der Waals surface area contributed by atoms with E-state index in [4.69, 9.17) is 5.26 Å². The Bertz CT molecular complexity index is 366. The molecule has 0 unspecified atom stereocenters. The van der Waals surface area contributed by atoms with Crippen molar-refractivity contribution in [3.8, 4) is 6.07 Å². The minimum Gasteiger partial charge on any atom is -0.323 e. The lowest BCUT2D eigenvalue weighted by molar-refractivity contribution is -0.132. The first-order chi connectivity index (χ1) is 8.19. The van der Waals surface area contributed by atoms with Gasteiger partial charge in [-0.15, -0.1) is 0 Å². The van der Waals surface area contributed by atoms with Crippen molar-refractivity contribution in [3.05, 3.63) is 0 Å². The highest BCUT2D eigenvalue weighted by Gasteiger charge is 2.50. The number of nitriles is 1. The molecule has 0 radical (unpaired) electrons. The van der Waals surface area contributed by atoms with Gasteiger partial charge in [0.05, 0.1) is 6.07 Å². The second-order valence-corrected chi connectivity index (χ2v) is 4.79. The summed E-state index contributed by atoms with van der Waals surface area (Å²) in [5.74, 6) is -0.0832. The van der Waals surface area contributed by atoms with Crippen molar-refractivity contribution < 1.29 is 9.59 Å². The third-order valence-electron chi connectivity index (χ3n) is 3.62. The minimum atomic E-state index is -0.623. The van der Waals surface area contributed by atoms with Crippen LogP contribution in [0.2, 0.25) is 0 Å². The molecule has 1 spiro atoms. The zero-order chi connectivity index (χ0) is 12.3. The summed E-state index contributed by atoms with van der Waals surface area (Å²) in [7, 11) is 0. The number of nitrogens with zero attached hydrogens (tertiary/aromatic N) is 2. The fourth-order valence-electron chi connectivity index (χ4n) is 2.69. The Balaban J connectivity index is 2.03. The smallest absolute Gasteiger partial charge is 0.323 e. The number of unbranched alkanes of at least 4 members (excludes halogenated alkanes) is 1. The SMILES string of the molecule is N#CCCCN1C(=O)NC2(CCCCC2)C1=O. The molecule has 92 valence electrons. The van der Waals surface area contributed by atoms with Crippen molar-refractivity contribution in [2.45, 2.75) is 50.5 Å². The predicted octanol–water partition coefficient (Wildman–Crippen LogP) is 1.54. The number of amides is 3. The van der Waals surface area contributed by atoms with Gasteiger partial charge in [-0.3, -0.25) is 9.69 Å². The number of carbonyl (C=O) groups is 2. The maximum absolute atomic E-state index is 12.2. The average Bonchev–Trinajstić information content (AvgIpc) is 2.55. The van der Waals surface area contributed by atoms with E-state index in [1.807, 2.05) is 6.07 Å². The van der Waals surface area contributed by atoms with Crippen LogP contribution in [-0.2, 0) is 4.79 Å². The van der Waals surface area contributed by atoms with E-state index in [1.165, 1.54) is 4.90 Å². The normalized spacial score (nSPS) is 22.6. The number of hydrogen-bond acceptors (Lipinski definition) is 3. The number of rotatable bonds is 3. The first kappa shape index (κ1) is 11.9. The first-order valence-corrected chi connectivity index (χ1v) is 6.21. The molecule has 0 aromatic carbocycles. The van der Waals surface area contributed by atoms with Gasteiger partial charge in [0.1, 0.15) is 5.54 Å². The maximum Gasteiger partial charge on any atom is 0.325 e. The molecule has 0 aromatic rings. The third kappa shape index (κ3) is 2.12. The van der Waals surface area contributed by atoms with E-state index in [-0.39, 0.29) is 11.9 Å². The standard InChI is InChI=1S/C12H17N3O2/c13-8-4-5-9-15-10(16)12(14-11(15)17)6-2-1-3-7-12/h1-7,9H2,(H,14,17). The largest absolute Gasteiger partial charge is 0.325 e. The van der Waals surface area contributed by atoms with Crippen LogP contribution < -0.4 is 5.32 Å². The molecule has 0 atom stereocenters. The predicted molar refractivity (Wildman–Crippen MR) is 60.9 cm³/mol. The number of urea groups is 1. The summed E-state index contributed by atoms with van der Waals surface area (Å²) in [6.07, 6.45) is 5.59. The Morgan fingerprint density at radius 1 is 1.29 bits per heavy atom. The van der Waals surface area contributed by atoms with Crippen LogP contribution in [0.4, 0.5) is 4.79 Å². The Labute approximate surface area is 101 Å². The molecule has 1 N–H and O–H groups in total. The van der Waals surface area contributed by atoms with Crippen LogP contribution in [0.3, 0.4) is 0 Å². The average molecular weight is 235 g/mol. The molecular weight excluding hydrogens is 218 g/mol. The van der Waals surface area contributed by atoms with Gasteiger partial charge >= 0.3 is 6.03 Å². The van der Waals surface area contributed by atoms with Crippen molar-refractivity contribution in [1.82, 2.24) is 10.2 Å². The van der Waals surface area contributed by atoms with Gasteiger partial charge < -0.3 is 5.32 Å². The molecule has 2 aliphatic rings. The Kier molecular flexibility index (Phi) is 3.32. The zero-order valence-corrected chi connectivity index (χ0v) is 9.87. The van der Waals surface area contributed by atoms with Gasteiger partial charge in [0, 0.05) is 13.0 Å². The van der Waals surface area contributed by atoms with Crippen LogP contribution in [0.5, 0.6) is 0 Å². The second kappa shape index (κ2) is 4.74. The number of hydrogen-bond donors (Lipinski definition) is 1. The van der Waals surface area contributed by atoms with E-state index >= 15 is 0 Å². The lowest BCUT2D eigenvalue weighted by Gasteiger charge is -2.30. The molecule has 17 heavy (non-hydrogen) atoms. The van der Waals surface area contributed by atoms with Crippen LogP contribution in [0.1, 0.15) is 44.9 Å². The van der Waals surface area contributed by atoms with Gasteiger partial charge in [-0.25, -0.2) is 4.79 Å². The molecule has 1 aliphatic heterocycles. The van der Waals surface area contributed by atoms with Crippen molar-refractivity contribution in [2.24, 2.45) is 0 Å². The number of nitrogens with one attached hydrogen (secondary N) is 1. The minimum absolute atomic E-state index is 0.0832. The highest BCUT2D eigenvalue weighted by atomic mass is 16.2. The van der Waals surface area contributed by atoms with Crippen molar-refractivity contribution >= 4 is 11.9 Å². The summed E-state index contributed by atoms with van der Waals surface area (Å²) in [5.41, 5.74) is -0.623. The van der Waals surface area contributed by atoms with E-state index in [0.29, 0.717) is 19.4 Å². The van der Waals surface area contributed by atoms with Gasteiger partial charge in [-0.1, -0.05) is 19.3 Å². The molecule has 2 fully saturated rings. The van der Waals surface area contributed by atoms with Crippen LogP contribution in [-0.4, -0.2) is 28.9 Å². The molecule has 3 amide bonds. The van der Waals surface area contributed by atoms with Gasteiger partial charge in [0.25, 0.3) is 5.91 Å². The Morgan fingerprint density at radius 3 is 2.65 bits per heavy atom. The van der Waals surface area contributed by atoms with Gasteiger partial charge in [-0.05, 0) is 19.3 Å². The van der Waals surface area contributed by atoms with E-state index in [1.54, 1.807) is 0 Å². The van der Waals surface area contributed by atoms with Crippen molar-refractivity contribution in [2.75, 3.05) is 6.54 Å². The fourth-order valence-corrected chi connectivity index (χ4v) is 2.69.